The third-order valence-electron chi connectivity index (χ3n) is 7.18. The average molecular weight is 444 g/mol. The van der Waals surface area contributed by atoms with Gasteiger partial charge in [-0.1, -0.05) is 18.7 Å². The number of carbonyl (C=O) groups is 4. The Morgan fingerprint density at radius 2 is 1.75 bits per heavy atom. The van der Waals surface area contributed by atoms with Gasteiger partial charge in [0.15, 0.2) is 23.0 Å². The van der Waals surface area contributed by atoms with Crippen molar-refractivity contribution < 1.29 is 39.6 Å². The summed E-state index contributed by atoms with van der Waals surface area (Å²) in [6, 6.07) is 3.02. The number of phenols is 1. The third kappa shape index (κ3) is 2.54. The summed E-state index contributed by atoms with van der Waals surface area (Å²) in [6.45, 7) is 3.92. The van der Waals surface area contributed by atoms with Gasteiger partial charge in [-0.25, -0.2) is 0 Å². The maximum absolute atomic E-state index is 13.6. The molecule has 0 aromatic heterocycles. The molecular weight excluding hydrogens is 420 g/mol. The highest BCUT2D eigenvalue weighted by atomic mass is 16.3. The maximum atomic E-state index is 13.6. The Labute approximate surface area is 182 Å². The number of hydrogen-bond acceptors (Lipinski definition) is 9. The van der Waals surface area contributed by atoms with Crippen LogP contribution in [0, 0.1) is 23.7 Å². The second-order valence-corrected chi connectivity index (χ2v) is 8.93. The van der Waals surface area contributed by atoms with E-state index in [1.54, 1.807) is 0 Å². The van der Waals surface area contributed by atoms with Gasteiger partial charge in [-0.15, -0.1) is 0 Å². The Bertz CT molecular complexity index is 1080. The molecule has 0 saturated heterocycles. The lowest BCUT2D eigenvalue weighted by Gasteiger charge is -2.57. The second kappa shape index (κ2) is 7.04. The predicted molar refractivity (Wildman–Crippen MR) is 109 cm³/mol. The monoisotopic (exact) mass is 444 g/mol. The summed E-state index contributed by atoms with van der Waals surface area (Å²) < 4.78 is 0. The minimum absolute atomic E-state index is 0.180. The van der Waals surface area contributed by atoms with E-state index in [0.717, 1.165) is 0 Å². The number of ketones is 3. The molecule has 8 atom stereocenters. The van der Waals surface area contributed by atoms with Gasteiger partial charge in [0.2, 0.25) is 5.91 Å². The number of rotatable bonds is 2. The van der Waals surface area contributed by atoms with Crippen molar-refractivity contribution in [3.05, 3.63) is 35.9 Å². The van der Waals surface area contributed by atoms with Crippen molar-refractivity contribution in [3.63, 3.8) is 0 Å². The summed E-state index contributed by atoms with van der Waals surface area (Å²) in [5.41, 5.74) is 2.58. The molecular formula is C22H24N2O8. The van der Waals surface area contributed by atoms with E-state index in [1.807, 2.05) is 0 Å². The van der Waals surface area contributed by atoms with Gasteiger partial charge in [0.1, 0.15) is 11.7 Å². The average Bonchev–Trinajstić information content (AvgIpc) is 2.70. The molecule has 1 aromatic carbocycles. The number of phenolic OH excluding ortho intramolecular Hbond substituents is 1. The fourth-order valence-electron chi connectivity index (χ4n) is 5.78. The van der Waals surface area contributed by atoms with Crippen molar-refractivity contribution in [2.24, 2.45) is 29.4 Å². The predicted octanol–water partition coefficient (Wildman–Crippen LogP) is -1.90. The number of aromatic hydroxyl groups is 1. The van der Waals surface area contributed by atoms with Crippen LogP contribution in [-0.2, 0) is 14.4 Å². The molecule has 6 N–H and O–H groups in total. The number of likely N-dealkylation sites (N-methyl/N-ethyl adjacent to an activating group) is 1. The SMILES string of the molecule is C=C1c2cccc(O)c2C(=O)C2C(=O)[C@]3(O)C(=O)C(C(N)=O)C(O)[C@@H](N(C)C)C3[C@@H](O)C12. The number of hydrogen-bond donors (Lipinski definition) is 5. The lowest BCUT2D eigenvalue weighted by Crippen LogP contribution is -2.78. The number of nitrogens with two attached hydrogens (primary N) is 1. The molecule has 3 aliphatic rings. The van der Waals surface area contributed by atoms with E-state index < -0.39 is 76.5 Å². The molecule has 32 heavy (non-hydrogen) atoms. The first-order valence-electron chi connectivity index (χ1n) is 10.1. The number of primary amides is 1. The zero-order valence-electron chi connectivity index (χ0n) is 17.4. The van der Waals surface area contributed by atoms with Crippen LogP contribution >= 0.6 is 0 Å². The van der Waals surface area contributed by atoms with E-state index in [1.165, 1.54) is 37.2 Å². The molecule has 1 aromatic rings. The molecule has 4 rings (SSSR count). The molecule has 3 aliphatic carbocycles. The second-order valence-electron chi connectivity index (χ2n) is 8.93. The van der Waals surface area contributed by atoms with E-state index in [2.05, 4.69) is 6.58 Å². The van der Waals surface area contributed by atoms with Gasteiger partial charge >= 0.3 is 0 Å². The summed E-state index contributed by atoms with van der Waals surface area (Å²) >= 11 is 0. The summed E-state index contributed by atoms with van der Waals surface area (Å²) in [7, 11) is 2.97. The van der Waals surface area contributed by atoms with Gasteiger partial charge in [-0.3, -0.25) is 19.2 Å². The highest BCUT2D eigenvalue weighted by Crippen LogP contribution is 2.54. The summed E-state index contributed by atoms with van der Waals surface area (Å²) in [4.78, 5) is 53.4. The quantitative estimate of drug-likeness (QED) is 0.326. The molecule has 0 bridgehead atoms. The summed E-state index contributed by atoms with van der Waals surface area (Å²) in [5, 5.41) is 43.8. The number of aliphatic hydroxyl groups is 3. The van der Waals surface area contributed by atoms with Gasteiger partial charge in [0, 0.05) is 17.9 Å². The van der Waals surface area contributed by atoms with Gasteiger partial charge in [0.25, 0.3) is 0 Å². The minimum Gasteiger partial charge on any atom is -0.507 e. The van der Waals surface area contributed by atoms with Gasteiger partial charge in [-0.2, -0.15) is 0 Å². The fourth-order valence-corrected chi connectivity index (χ4v) is 5.78. The Kier molecular flexibility index (Phi) is 4.90. The van der Waals surface area contributed by atoms with E-state index in [9.17, 15) is 39.6 Å². The van der Waals surface area contributed by atoms with Gasteiger partial charge in [0.05, 0.1) is 23.7 Å². The van der Waals surface area contributed by atoms with Crippen LogP contribution in [0.15, 0.2) is 24.8 Å². The van der Waals surface area contributed by atoms with Gasteiger partial charge in [-0.05, 0) is 31.3 Å². The van der Waals surface area contributed by atoms with Crippen molar-refractivity contribution in [2.45, 2.75) is 23.9 Å². The number of fused-ring (bicyclic) bond motifs is 3. The number of aliphatic hydroxyl groups excluding tert-OH is 2. The van der Waals surface area contributed by atoms with E-state index >= 15 is 0 Å². The van der Waals surface area contributed by atoms with Crippen molar-refractivity contribution in [2.75, 3.05) is 14.1 Å². The zero-order chi connectivity index (χ0) is 23.9. The Hall–Kier alpha value is -2.92. The topological polar surface area (TPSA) is 178 Å². The Morgan fingerprint density at radius 3 is 2.31 bits per heavy atom. The van der Waals surface area contributed by atoms with E-state index in [4.69, 9.17) is 5.73 Å². The number of nitrogens with zero attached hydrogens (tertiary/aromatic N) is 1. The molecule has 5 unspecified atom stereocenters. The molecule has 10 heteroatoms. The molecule has 0 heterocycles. The lowest BCUT2D eigenvalue weighted by molar-refractivity contribution is -0.204. The fraction of sp³-hybridized carbons (Fsp3) is 0.455. The standard InChI is InChI=1S/C22H24N2O8/c1-7-8-5-4-6-9(25)11(8)16(26)12-10(7)17(27)14-15(24(2)3)18(28)13(21(23)31)20(30)22(14,32)19(12)29/h4-6,10,12-15,17-18,25,27-28,32H,1H2,2-3H3,(H2,23,31)/t10?,12?,13?,14?,15-,17-,18?,22-/m0/s1. The summed E-state index contributed by atoms with van der Waals surface area (Å²) in [5.74, 6) is -11.5. The summed E-state index contributed by atoms with van der Waals surface area (Å²) in [6.07, 6.45) is -3.36. The first kappa shape index (κ1) is 22.3. The molecule has 10 nitrogen and oxygen atoms in total. The normalized spacial score (nSPS) is 38.9. The van der Waals surface area contributed by atoms with Crippen LogP contribution in [0.5, 0.6) is 5.75 Å². The first-order valence-corrected chi connectivity index (χ1v) is 10.1. The highest BCUT2D eigenvalue weighted by molar-refractivity contribution is 6.27. The number of Topliss-reactive ketones (excluding diaryl/α,β-unsaturated/α-hetero) is 3. The van der Waals surface area contributed by atoms with Crippen LogP contribution in [0.2, 0.25) is 0 Å². The van der Waals surface area contributed by atoms with Crippen LogP contribution in [-0.4, -0.2) is 86.5 Å². The number of carbonyl (C=O) groups excluding carboxylic acids is 4. The molecule has 170 valence electrons. The molecule has 0 radical (unpaired) electrons. The molecule has 2 fully saturated rings. The van der Waals surface area contributed by atoms with Crippen molar-refractivity contribution >= 4 is 28.8 Å². The lowest BCUT2D eigenvalue weighted by atomic mass is 9.50. The highest BCUT2D eigenvalue weighted by Gasteiger charge is 2.72. The van der Waals surface area contributed by atoms with Gasteiger partial charge < -0.3 is 31.1 Å². The third-order valence-corrected chi connectivity index (χ3v) is 7.18. The van der Waals surface area contributed by atoms with Crippen LogP contribution in [0.3, 0.4) is 0 Å². The van der Waals surface area contributed by atoms with Crippen LogP contribution < -0.4 is 5.73 Å². The maximum Gasteiger partial charge on any atom is 0.230 e. The number of amides is 1. The number of benzene rings is 1. The van der Waals surface area contributed by atoms with Crippen LogP contribution in [0.1, 0.15) is 15.9 Å². The van der Waals surface area contributed by atoms with Crippen LogP contribution in [0.4, 0.5) is 0 Å². The van der Waals surface area contributed by atoms with Crippen LogP contribution in [0.25, 0.3) is 5.57 Å². The van der Waals surface area contributed by atoms with E-state index in [-0.39, 0.29) is 16.7 Å². The molecule has 1 amide bonds. The smallest absolute Gasteiger partial charge is 0.230 e. The molecule has 0 spiro atoms. The largest absolute Gasteiger partial charge is 0.507 e. The minimum atomic E-state index is -2.95. The Morgan fingerprint density at radius 1 is 1.12 bits per heavy atom. The molecule has 0 aliphatic heterocycles. The zero-order valence-corrected chi connectivity index (χ0v) is 17.4. The van der Waals surface area contributed by atoms with Crippen molar-refractivity contribution in [3.8, 4) is 5.75 Å². The van der Waals surface area contributed by atoms with Crippen molar-refractivity contribution in [1.29, 1.82) is 0 Å². The molecule has 2 saturated carbocycles. The van der Waals surface area contributed by atoms with E-state index in [0.29, 0.717) is 0 Å². The Balaban J connectivity index is 1.96. The first-order chi connectivity index (χ1) is 14.9. The van der Waals surface area contributed by atoms with Crippen molar-refractivity contribution in [1.82, 2.24) is 4.90 Å².